The molecule has 5 aliphatic rings. The number of likely N-dealkylation sites (tertiary alicyclic amines) is 2. The Kier molecular flexibility index (Phi) is 4.38. The number of carbonyl (C=O) groups is 1. The Hall–Kier alpha value is -2.33. The summed E-state index contributed by atoms with van der Waals surface area (Å²) in [4.78, 5) is 19.0. The van der Waals surface area contributed by atoms with Crippen LogP contribution in [0.15, 0.2) is 48.5 Å². The highest BCUT2D eigenvalue weighted by Gasteiger charge is 2.77. The molecule has 2 heterocycles. The van der Waals surface area contributed by atoms with E-state index in [1.54, 1.807) is 0 Å². The summed E-state index contributed by atoms with van der Waals surface area (Å²) in [6.07, 6.45) is 5.55. The third-order valence-electron chi connectivity index (χ3n) is 10.4. The highest BCUT2D eigenvalue weighted by molar-refractivity contribution is 5.84. The van der Waals surface area contributed by atoms with E-state index in [-0.39, 0.29) is 16.7 Å². The Balaban J connectivity index is 1.37. The fourth-order valence-electron chi connectivity index (χ4n) is 9.63. The Morgan fingerprint density at radius 3 is 2.74 bits per heavy atom. The summed E-state index contributed by atoms with van der Waals surface area (Å²) in [5.74, 6) is 1.93. The van der Waals surface area contributed by atoms with Crippen LogP contribution in [0.1, 0.15) is 56.2 Å². The minimum absolute atomic E-state index is 0.0200. The fraction of sp³-hybridized carbons (Fsp3) is 0.567. The Labute approximate surface area is 203 Å². The monoisotopic (exact) mass is 456 g/mol. The maximum absolute atomic E-state index is 14.0. The number of aromatic hydroxyl groups is 1. The first kappa shape index (κ1) is 21.0. The molecule has 0 spiro atoms. The number of hydrogen-bond donors (Lipinski definition) is 1. The zero-order valence-electron chi connectivity index (χ0n) is 20.4. The van der Waals surface area contributed by atoms with Crippen LogP contribution in [-0.4, -0.2) is 46.0 Å². The second-order valence-electron chi connectivity index (χ2n) is 12.2. The molecule has 2 aromatic rings. The normalized spacial score (nSPS) is 37.7. The largest absolute Gasteiger partial charge is 0.508 e. The summed E-state index contributed by atoms with van der Waals surface area (Å²) < 4.78 is 0. The molecule has 2 aliphatic heterocycles. The number of piperidine rings is 1. The number of carbonyl (C=O) groups excluding carboxylic acids is 1. The standard InChI is InChI=1S/C30H36N2O2/c1-19(2)17-31-13-12-30-24-15-22(33)9-8-21(24)14-26(31)29(30)11-10-25-27(30)23(16-29)28(34)32(25)18-20-6-4-3-5-7-20/h3-9,15,19,23,25-27,33H,10-14,16-18H2,1-2H3/t23-,25?,26?,27?,29?,30?/m0/s1. The molecular formula is C30H36N2O2. The SMILES string of the molecule is CC(C)CN1CCC23c4cc(O)ccc4CC1C21CCC2C3[C@H](C1)C(=O)N2Cc1ccccc1. The van der Waals surface area contributed by atoms with Crippen molar-refractivity contribution in [3.63, 3.8) is 0 Å². The molecule has 4 bridgehead atoms. The van der Waals surface area contributed by atoms with Gasteiger partial charge in [0.15, 0.2) is 0 Å². The molecular weight excluding hydrogens is 420 g/mol. The second kappa shape index (κ2) is 7.10. The van der Waals surface area contributed by atoms with Crippen molar-refractivity contribution in [1.29, 1.82) is 0 Å². The van der Waals surface area contributed by atoms with Gasteiger partial charge in [0.1, 0.15) is 5.75 Å². The van der Waals surface area contributed by atoms with Crippen molar-refractivity contribution >= 4 is 5.91 Å². The van der Waals surface area contributed by atoms with Gasteiger partial charge >= 0.3 is 0 Å². The summed E-state index contributed by atoms with van der Waals surface area (Å²) in [5.41, 5.74) is 4.23. The summed E-state index contributed by atoms with van der Waals surface area (Å²) in [7, 11) is 0. The van der Waals surface area contributed by atoms with Crippen LogP contribution in [0.2, 0.25) is 0 Å². The molecule has 34 heavy (non-hydrogen) atoms. The van der Waals surface area contributed by atoms with E-state index < -0.39 is 0 Å². The summed E-state index contributed by atoms with van der Waals surface area (Å²) >= 11 is 0. The predicted molar refractivity (Wildman–Crippen MR) is 132 cm³/mol. The van der Waals surface area contributed by atoms with Gasteiger partial charge in [0.2, 0.25) is 5.91 Å². The zero-order valence-corrected chi connectivity index (χ0v) is 20.4. The van der Waals surface area contributed by atoms with E-state index in [9.17, 15) is 9.90 Å². The first-order valence-corrected chi connectivity index (χ1v) is 13.4. The molecule has 2 aromatic carbocycles. The van der Waals surface area contributed by atoms with Crippen LogP contribution in [0.5, 0.6) is 5.75 Å². The number of phenols is 1. The molecule has 6 atom stereocenters. The summed E-state index contributed by atoms with van der Waals surface area (Å²) in [6.45, 7) is 7.65. The van der Waals surface area contributed by atoms with Crippen molar-refractivity contribution in [2.45, 2.75) is 70.0 Å². The molecule has 2 saturated heterocycles. The number of benzene rings is 2. The second-order valence-corrected chi connectivity index (χ2v) is 12.2. The average Bonchev–Trinajstić information content (AvgIpc) is 3.19. The van der Waals surface area contributed by atoms with E-state index in [0.29, 0.717) is 35.6 Å². The van der Waals surface area contributed by atoms with Crippen LogP contribution >= 0.6 is 0 Å². The highest BCUT2D eigenvalue weighted by atomic mass is 16.3. The smallest absolute Gasteiger partial charge is 0.226 e. The third-order valence-corrected chi connectivity index (χ3v) is 10.4. The molecule has 4 heteroatoms. The van der Waals surface area contributed by atoms with Gasteiger partial charge in [-0.3, -0.25) is 9.69 Å². The van der Waals surface area contributed by atoms with Crippen molar-refractivity contribution < 1.29 is 9.90 Å². The molecule has 7 rings (SSSR count). The molecule has 2 saturated carbocycles. The van der Waals surface area contributed by atoms with Gasteiger partial charge in [-0.2, -0.15) is 0 Å². The number of amides is 1. The van der Waals surface area contributed by atoms with Crippen molar-refractivity contribution in [2.75, 3.05) is 13.1 Å². The minimum atomic E-state index is 0.0200. The van der Waals surface area contributed by atoms with Crippen LogP contribution in [0.4, 0.5) is 0 Å². The molecule has 1 amide bonds. The van der Waals surface area contributed by atoms with E-state index in [1.165, 1.54) is 23.1 Å². The van der Waals surface area contributed by atoms with Gasteiger partial charge in [0.05, 0.1) is 0 Å². The average molecular weight is 457 g/mol. The maximum Gasteiger partial charge on any atom is 0.226 e. The highest BCUT2D eigenvalue weighted by Crippen LogP contribution is 2.75. The Bertz CT molecular complexity index is 1150. The topological polar surface area (TPSA) is 43.8 Å². The Morgan fingerprint density at radius 2 is 1.94 bits per heavy atom. The summed E-state index contributed by atoms with van der Waals surface area (Å²) in [5, 5.41) is 10.6. The van der Waals surface area contributed by atoms with Gasteiger partial charge in [-0.1, -0.05) is 50.2 Å². The quantitative estimate of drug-likeness (QED) is 0.723. The third kappa shape index (κ3) is 2.50. The van der Waals surface area contributed by atoms with Crippen molar-refractivity contribution in [3.8, 4) is 5.75 Å². The maximum atomic E-state index is 14.0. The molecule has 0 aromatic heterocycles. The van der Waals surface area contributed by atoms with Gasteiger partial charge in [-0.05, 0) is 78.8 Å². The lowest BCUT2D eigenvalue weighted by molar-refractivity contribution is -0.139. The first-order chi connectivity index (χ1) is 16.4. The van der Waals surface area contributed by atoms with Crippen LogP contribution in [-0.2, 0) is 23.2 Å². The zero-order chi connectivity index (χ0) is 23.2. The lowest BCUT2D eigenvalue weighted by atomic mass is 9.43. The van der Waals surface area contributed by atoms with Crippen molar-refractivity contribution in [2.24, 2.45) is 23.2 Å². The minimum Gasteiger partial charge on any atom is -0.508 e. The summed E-state index contributed by atoms with van der Waals surface area (Å²) in [6, 6.07) is 17.5. The van der Waals surface area contributed by atoms with E-state index in [2.05, 4.69) is 66.1 Å². The molecule has 178 valence electrons. The Morgan fingerprint density at radius 1 is 1.12 bits per heavy atom. The van der Waals surface area contributed by atoms with Crippen LogP contribution in [0, 0.1) is 23.2 Å². The number of hydrogen-bond acceptors (Lipinski definition) is 3. The van der Waals surface area contributed by atoms with E-state index in [1.807, 2.05) is 6.07 Å². The number of phenolic OH excluding ortho intramolecular Hbond substituents is 1. The molecule has 0 radical (unpaired) electrons. The number of rotatable bonds is 4. The van der Waals surface area contributed by atoms with Gasteiger partial charge in [0.25, 0.3) is 0 Å². The van der Waals surface area contributed by atoms with Crippen molar-refractivity contribution in [1.82, 2.24) is 9.80 Å². The van der Waals surface area contributed by atoms with Gasteiger partial charge in [-0.25, -0.2) is 0 Å². The van der Waals surface area contributed by atoms with E-state index in [0.717, 1.165) is 45.3 Å². The number of nitrogens with zero attached hydrogens (tertiary/aromatic N) is 2. The van der Waals surface area contributed by atoms with Gasteiger partial charge in [-0.15, -0.1) is 0 Å². The predicted octanol–water partition coefficient (Wildman–Crippen LogP) is 4.74. The van der Waals surface area contributed by atoms with E-state index >= 15 is 0 Å². The number of fused-ring (bicyclic) bond motifs is 1. The van der Waals surface area contributed by atoms with Gasteiger partial charge < -0.3 is 10.0 Å². The fourth-order valence-corrected chi connectivity index (χ4v) is 9.63. The first-order valence-electron chi connectivity index (χ1n) is 13.4. The molecule has 5 unspecified atom stereocenters. The van der Waals surface area contributed by atoms with Crippen LogP contribution in [0.3, 0.4) is 0 Å². The van der Waals surface area contributed by atoms with E-state index in [4.69, 9.17) is 0 Å². The van der Waals surface area contributed by atoms with Crippen LogP contribution < -0.4 is 0 Å². The van der Waals surface area contributed by atoms with Gasteiger partial charge in [0, 0.05) is 42.4 Å². The molecule has 3 aliphatic carbocycles. The lowest BCUT2D eigenvalue weighted by Crippen LogP contribution is -2.69. The van der Waals surface area contributed by atoms with Crippen LogP contribution in [0.25, 0.3) is 0 Å². The lowest BCUT2D eigenvalue weighted by Gasteiger charge is -2.66. The van der Waals surface area contributed by atoms with Crippen molar-refractivity contribution in [3.05, 3.63) is 65.2 Å². The molecule has 1 N–H and O–H groups in total. The molecule has 4 fully saturated rings. The molecule has 4 nitrogen and oxygen atoms in total.